The molecule has 0 saturated heterocycles. The molecular formula is C10H21N. The van der Waals surface area contributed by atoms with Gasteiger partial charge in [-0.1, -0.05) is 39.5 Å². The zero-order valence-corrected chi connectivity index (χ0v) is 7.84. The Hall–Kier alpha value is -0.0400. The highest BCUT2D eigenvalue weighted by Crippen LogP contribution is 2.29. The molecule has 0 radical (unpaired) electrons. The lowest BCUT2D eigenvalue weighted by atomic mass is 9.84. The van der Waals surface area contributed by atoms with Crippen molar-refractivity contribution >= 4 is 0 Å². The van der Waals surface area contributed by atoms with Crippen LogP contribution in [0.5, 0.6) is 0 Å². The quantitative estimate of drug-likeness (QED) is 0.579. The minimum Gasteiger partial charge on any atom is -0.327 e. The van der Waals surface area contributed by atoms with Crippen LogP contribution in [0.2, 0.25) is 0 Å². The molecule has 11 heavy (non-hydrogen) atoms. The van der Waals surface area contributed by atoms with Gasteiger partial charge in [-0.05, 0) is 18.3 Å². The zero-order valence-electron chi connectivity index (χ0n) is 7.84. The molecule has 0 heterocycles. The van der Waals surface area contributed by atoms with Crippen LogP contribution in [0.3, 0.4) is 0 Å². The molecule has 3 atom stereocenters. The van der Waals surface area contributed by atoms with E-state index in [1.54, 1.807) is 0 Å². The Kier molecular flexibility index (Phi) is 3.38. The highest BCUT2D eigenvalue weighted by molar-refractivity contribution is 4.79. The van der Waals surface area contributed by atoms with Gasteiger partial charge in [0.1, 0.15) is 0 Å². The molecule has 0 spiro atoms. The Labute approximate surface area is 70.4 Å². The average Bonchev–Trinajstić information content (AvgIpc) is 2.12. The molecule has 1 aliphatic rings. The fourth-order valence-electron chi connectivity index (χ4n) is 2.40. The number of nitrogens with two attached hydrogens (primary N) is 1. The second-order valence-corrected chi connectivity index (χ2v) is 4.00. The molecule has 0 aromatic rings. The van der Waals surface area contributed by atoms with Crippen molar-refractivity contribution in [1.82, 2.24) is 0 Å². The SMILES string of the molecule is CCC1C(C)CCCCC1N. The molecule has 2 N–H and O–H groups in total. The zero-order chi connectivity index (χ0) is 8.27. The summed E-state index contributed by atoms with van der Waals surface area (Å²) in [4.78, 5) is 0. The summed E-state index contributed by atoms with van der Waals surface area (Å²) in [6.07, 6.45) is 6.66. The summed E-state index contributed by atoms with van der Waals surface area (Å²) >= 11 is 0. The first-order valence-electron chi connectivity index (χ1n) is 5.01. The molecule has 3 unspecified atom stereocenters. The van der Waals surface area contributed by atoms with Crippen LogP contribution in [0.1, 0.15) is 46.0 Å². The molecule has 1 saturated carbocycles. The van der Waals surface area contributed by atoms with Crippen molar-refractivity contribution in [3.63, 3.8) is 0 Å². The summed E-state index contributed by atoms with van der Waals surface area (Å²) in [5.41, 5.74) is 6.08. The van der Waals surface area contributed by atoms with E-state index in [2.05, 4.69) is 13.8 Å². The van der Waals surface area contributed by atoms with Crippen LogP contribution in [-0.2, 0) is 0 Å². The van der Waals surface area contributed by atoms with E-state index in [9.17, 15) is 0 Å². The van der Waals surface area contributed by atoms with Crippen molar-refractivity contribution < 1.29 is 0 Å². The maximum Gasteiger partial charge on any atom is 0.00696 e. The summed E-state index contributed by atoms with van der Waals surface area (Å²) in [6, 6.07) is 0.484. The molecule has 66 valence electrons. The summed E-state index contributed by atoms with van der Waals surface area (Å²) < 4.78 is 0. The smallest absolute Gasteiger partial charge is 0.00696 e. The minimum atomic E-state index is 0.484. The molecule has 1 fully saturated rings. The topological polar surface area (TPSA) is 26.0 Å². The molecule has 0 aliphatic heterocycles. The number of rotatable bonds is 1. The van der Waals surface area contributed by atoms with Gasteiger partial charge in [0.05, 0.1) is 0 Å². The van der Waals surface area contributed by atoms with Gasteiger partial charge in [-0.3, -0.25) is 0 Å². The predicted octanol–water partition coefficient (Wildman–Crippen LogP) is 2.55. The van der Waals surface area contributed by atoms with Gasteiger partial charge in [-0.25, -0.2) is 0 Å². The van der Waals surface area contributed by atoms with Crippen LogP contribution in [0.15, 0.2) is 0 Å². The largest absolute Gasteiger partial charge is 0.327 e. The molecule has 0 aromatic carbocycles. The van der Waals surface area contributed by atoms with E-state index < -0.39 is 0 Å². The Balaban J connectivity index is 2.51. The van der Waals surface area contributed by atoms with Crippen LogP contribution >= 0.6 is 0 Å². The van der Waals surface area contributed by atoms with Crippen molar-refractivity contribution in [2.24, 2.45) is 17.6 Å². The standard InChI is InChI=1S/C10H21N/c1-3-9-8(2)6-4-5-7-10(9)11/h8-10H,3-7,11H2,1-2H3. The van der Waals surface area contributed by atoms with Crippen molar-refractivity contribution in [2.75, 3.05) is 0 Å². The van der Waals surface area contributed by atoms with Gasteiger partial charge in [0.25, 0.3) is 0 Å². The maximum atomic E-state index is 6.08. The lowest BCUT2D eigenvalue weighted by Gasteiger charge is -2.25. The van der Waals surface area contributed by atoms with Crippen LogP contribution in [0, 0.1) is 11.8 Å². The summed E-state index contributed by atoms with van der Waals surface area (Å²) in [5.74, 6) is 1.65. The third kappa shape index (κ3) is 2.19. The Morgan fingerprint density at radius 1 is 1.27 bits per heavy atom. The fraction of sp³-hybridized carbons (Fsp3) is 1.00. The second kappa shape index (κ2) is 4.10. The molecular weight excluding hydrogens is 134 g/mol. The van der Waals surface area contributed by atoms with Gasteiger partial charge in [0.15, 0.2) is 0 Å². The first-order chi connectivity index (χ1) is 5.25. The number of hydrogen-bond donors (Lipinski definition) is 1. The van der Waals surface area contributed by atoms with Crippen LogP contribution in [0.4, 0.5) is 0 Å². The van der Waals surface area contributed by atoms with Crippen molar-refractivity contribution in [3.05, 3.63) is 0 Å². The Bertz CT molecular complexity index is 99.4. The lowest BCUT2D eigenvalue weighted by molar-refractivity contribution is 0.293. The Morgan fingerprint density at radius 3 is 2.55 bits per heavy atom. The van der Waals surface area contributed by atoms with E-state index in [0.717, 1.165) is 11.8 Å². The normalized spacial score (nSPS) is 40.1. The highest BCUT2D eigenvalue weighted by atomic mass is 14.7. The van der Waals surface area contributed by atoms with Gasteiger partial charge >= 0.3 is 0 Å². The van der Waals surface area contributed by atoms with Crippen LogP contribution < -0.4 is 5.73 Å². The molecule has 1 heteroatoms. The summed E-state index contributed by atoms with van der Waals surface area (Å²) in [5, 5.41) is 0. The van der Waals surface area contributed by atoms with Crippen molar-refractivity contribution in [2.45, 2.75) is 52.0 Å². The van der Waals surface area contributed by atoms with Gasteiger partial charge in [-0.2, -0.15) is 0 Å². The van der Waals surface area contributed by atoms with E-state index in [-0.39, 0.29) is 0 Å². The first kappa shape index (κ1) is 9.05. The summed E-state index contributed by atoms with van der Waals surface area (Å²) in [6.45, 7) is 4.63. The predicted molar refractivity (Wildman–Crippen MR) is 49.4 cm³/mol. The molecule has 1 nitrogen and oxygen atoms in total. The van der Waals surface area contributed by atoms with E-state index in [1.165, 1.54) is 32.1 Å². The average molecular weight is 155 g/mol. The third-order valence-electron chi connectivity index (χ3n) is 3.20. The molecule has 1 rings (SSSR count). The van der Waals surface area contributed by atoms with Crippen molar-refractivity contribution in [1.29, 1.82) is 0 Å². The number of hydrogen-bond acceptors (Lipinski definition) is 1. The highest BCUT2D eigenvalue weighted by Gasteiger charge is 2.24. The summed E-state index contributed by atoms with van der Waals surface area (Å²) in [7, 11) is 0. The second-order valence-electron chi connectivity index (χ2n) is 4.00. The first-order valence-corrected chi connectivity index (χ1v) is 5.01. The van der Waals surface area contributed by atoms with Crippen molar-refractivity contribution in [3.8, 4) is 0 Å². The molecule has 0 amide bonds. The van der Waals surface area contributed by atoms with Gasteiger partial charge in [-0.15, -0.1) is 0 Å². The minimum absolute atomic E-state index is 0.484. The third-order valence-corrected chi connectivity index (χ3v) is 3.20. The lowest BCUT2D eigenvalue weighted by Crippen LogP contribution is -2.32. The van der Waals surface area contributed by atoms with Gasteiger partial charge < -0.3 is 5.73 Å². The van der Waals surface area contributed by atoms with E-state index in [0.29, 0.717) is 6.04 Å². The van der Waals surface area contributed by atoms with Gasteiger partial charge in [0.2, 0.25) is 0 Å². The van der Waals surface area contributed by atoms with Crippen LogP contribution in [-0.4, -0.2) is 6.04 Å². The Morgan fingerprint density at radius 2 is 1.91 bits per heavy atom. The monoisotopic (exact) mass is 155 g/mol. The van der Waals surface area contributed by atoms with Crippen LogP contribution in [0.25, 0.3) is 0 Å². The molecule has 1 aliphatic carbocycles. The fourth-order valence-corrected chi connectivity index (χ4v) is 2.40. The van der Waals surface area contributed by atoms with E-state index >= 15 is 0 Å². The van der Waals surface area contributed by atoms with E-state index in [1.807, 2.05) is 0 Å². The van der Waals surface area contributed by atoms with E-state index in [4.69, 9.17) is 5.73 Å². The van der Waals surface area contributed by atoms with Gasteiger partial charge in [0, 0.05) is 6.04 Å². The molecule has 0 bridgehead atoms. The molecule has 0 aromatic heterocycles. The maximum absolute atomic E-state index is 6.08.